The van der Waals surface area contributed by atoms with Crippen LogP contribution in [0.5, 0.6) is 11.5 Å². The Bertz CT molecular complexity index is 955. The number of benzene rings is 2. The molecule has 0 spiro atoms. The maximum Gasteiger partial charge on any atom is 0.321 e. The van der Waals surface area contributed by atoms with Crippen LogP contribution in [0.4, 0.5) is 13.6 Å². The van der Waals surface area contributed by atoms with Crippen molar-refractivity contribution in [2.45, 2.75) is 26.4 Å². The van der Waals surface area contributed by atoms with Gasteiger partial charge in [0.05, 0.1) is 12.8 Å². The standard InChI is InChI=1S/C23H27F2N3O3/c1-5-28(3)22(29)27-18(14-26)12-16-10-11-20(21(13-16)30-4)31-15-17-8-6-7-9-19(17)23(2,24)25/h6-14,26H,5,15H2,1-4H3,(H,27,29)/b18-12-,26-14?. The first-order valence-corrected chi connectivity index (χ1v) is 9.71. The van der Waals surface area contributed by atoms with E-state index in [9.17, 15) is 13.6 Å². The molecule has 0 aromatic heterocycles. The van der Waals surface area contributed by atoms with Gasteiger partial charge in [-0.1, -0.05) is 30.3 Å². The SMILES string of the molecule is CCN(C)C(=O)N/C(C=N)=C\c1ccc(OCc2ccccc2C(C)(F)F)c(OC)c1. The molecule has 2 aromatic rings. The molecule has 0 fully saturated rings. The second-order valence-electron chi connectivity index (χ2n) is 6.93. The van der Waals surface area contributed by atoms with Crippen LogP contribution in [0.2, 0.25) is 0 Å². The zero-order valence-corrected chi connectivity index (χ0v) is 18.0. The molecule has 0 aliphatic heterocycles. The number of hydrogen-bond acceptors (Lipinski definition) is 4. The summed E-state index contributed by atoms with van der Waals surface area (Å²) in [7, 11) is 3.12. The first kappa shape index (κ1) is 23.9. The van der Waals surface area contributed by atoms with Crippen molar-refractivity contribution in [3.63, 3.8) is 0 Å². The molecule has 0 aliphatic rings. The number of nitrogens with one attached hydrogen (secondary N) is 2. The van der Waals surface area contributed by atoms with Crippen molar-refractivity contribution >= 4 is 18.3 Å². The highest BCUT2D eigenvalue weighted by atomic mass is 19.3. The quantitative estimate of drug-likeness (QED) is 0.547. The second kappa shape index (κ2) is 10.6. The molecule has 0 heterocycles. The Labute approximate surface area is 181 Å². The largest absolute Gasteiger partial charge is 0.493 e. The Balaban J connectivity index is 2.21. The number of amides is 2. The summed E-state index contributed by atoms with van der Waals surface area (Å²) in [6, 6.07) is 11.0. The summed E-state index contributed by atoms with van der Waals surface area (Å²) in [6.45, 7) is 3.18. The van der Waals surface area contributed by atoms with Gasteiger partial charge in [-0.25, -0.2) is 13.6 Å². The lowest BCUT2D eigenvalue weighted by molar-refractivity contribution is 0.0156. The first-order valence-electron chi connectivity index (χ1n) is 9.71. The van der Waals surface area contributed by atoms with Gasteiger partial charge in [0.25, 0.3) is 5.92 Å². The summed E-state index contributed by atoms with van der Waals surface area (Å²) in [5.74, 6) is -2.19. The van der Waals surface area contributed by atoms with Gasteiger partial charge in [-0.3, -0.25) is 0 Å². The van der Waals surface area contributed by atoms with Gasteiger partial charge in [-0.2, -0.15) is 0 Å². The molecule has 2 N–H and O–H groups in total. The number of urea groups is 1. The average Bonchev–Trinajstić information content (AvgIpc) is 2.76. The van der Waals surface area contributed by atoms with Crippen LogP contribution >= 0.6 is 0 Å². The minimum absolute atomic E-state index is 0.0453. The van der Waals surface area contributed by atoms with Crippen molar-refractivity contribution in [2.24, 2.45) is 0 Å². The number of nitrogens with zero attached hydrogens (tertiary/aromatic N) is 1. The zero-order chi connectivity index (χ0) is 23.0. The lowest BCUT2D eigenvalue weighted by atomic mass is 10.0. The van der Waals surface area contributed by atoms with E-state index in [0.29, 0.717) is 34.9 Å². The van der Waals surface area contributed by atoms with Gasteiger partial charge in [0, 0.05) is 32.3 Å². The van der Waals surface area contributed by atoms with E-state index in [4.69, 9.17) is 14.9 Å². The van der Waals surface area contributed by atoms with Crippen LogP contribution in [0.25, 0.3) is 6.08 Å². The normalized spacial score (nSPS) is 11.6. The predicted molar refractivity (Wildman–Crippen MR) is 117 cm³/mol. The Morgan fingerprint density at radius 1 is 1.23 bits per heavy atom. The first-order chi connectivity index (χ1) is 14.7. The van der Waals surface area contributed by atoms with Gasteiger partial charge in [0.15, 0.2) is 11.5 Å². The molecule has 6 nitrogen and oxygen atoms in total. The van der Waals surface area contributed by atoms with E-state index in [2.05, 4.69) is 5.32 Å². The Kier molecular flexibility index (Phi) is 8.13. The van der Waals surface area contributed by atoms with E-state index in [1.807, 2.05) is 6.92 Å². The van der Waals surface area contributed by atoms with Crippen molar-refractivity contribution in [3.8, 4) is 11.5 Å². The Morgan fingerprint density at radius 3 is 2.55 bits per heavy atom. The maximum absolute atomic E-state index is 13.8. The topological polar surface area (TPSA) is 74.7 Å². The molecule has 2 rings (SSSR count). The maximum atomic E-state index is 13.8. The Hall–Kier alpha value is -3.42. The van der Waals surface area contributed by atoms with E-state index in [1.54, 1.807) is 49.5 Å². The summed E-state index contributed by atoms with van der Waals surface area (Å²) >= 11 is 0. The Morgan fingerprint density at radius 2 is 1.94 bits per heavy atom. The van der Waals surface area contributed by atoms with E-state index in [-0.39, 0.29) is 18.2 Å². The van der Waals surface area contributed by atoms with E-state index >= 15 is 0 Å². The molecule has 0 saturated carbocycles. The summed E-state index contributed by atoms with van der Waals surface area (Å²) in [6.07, 6.45) is 2.66. The molecule has 2 amide bonds. The van der Waals surface area contributed by atoms with Crippen molar-refractivity contribution in [3.05, 3.63) is 64.9 Å². The molecule has 0 saturated heterocycles. The van der Waals surface area contributed by atoms with Crippen molar-refractivity contribution in [2.75, 3.05) is 20.7 Å². The molecule has 0 radical (unpaired) electrons. The fourth-order valence-electron chi connectivity index (χ4n) is 2.78. The van der Waals surface area contributed by atoms with Crippen LogP contribution in [-0.4, -0.2) is 37.8 Å². The fourth-order valence-corrected chi connectivity index (χ4v) is 2.78. The number of carbonyl (C=O) groups is 1. The smallest absolute Gasteiger partial charge is 0.321 e. The third-order valence-corrected chi connectivity index (χ3v) is 4.61. The third kappa shape index (κ3) is 6.53. The lowest BCUT2D eigenvalue weighted by Gasteiger charge is -2.17. The average molecular weight is 431 g/mol. The number of rotatable bonds is 9. The zero-order valence-electron chi connectivity index (χ0n) is 18.0. The van der Waals surface area contributed by atoms with E-state index in [1.165, 1.54) is 18.1 Å². The van der Waals surface area contributed by atoms with Crippen LogP contribution in [0.1, 0.15) is 30.5 Å². The summed E-state index contributed by atoms with van der Waals surface area (Å²) in [5.41, 5.74) is 1.27. The van der Waals surface area contributed by atoms with Gasteiger partial charge in [0.2, 0.25) is 0 Å². The van der Waals surface area contributed by atoms with Crippen molar-refractivity contribution in [1.82, 2.24) is 10.2 Å². The van der Waals surface area contributed by atoms with Gasteiger partial charge in [-0.15, -0.1) is 0 Å². The van der Waals surface area contributed by atoms with Gasteiger partial charge in [0.1, 0.15) is 6.61 Å². The van der Waals surface area contributed by atoms with Crippen LogP contribution in [0.15, 0.2) is 48.2 Å². The molecule has 0 aliphatic carbocycles. The number of carbonyl (C=O) groups excluding carboxylic acids is 1. The molecule has 2 aromatic carbocycles. The predicted octanol–water partition coefficient (Wildman–Crippen LogP) is 5.04. The van der Waals surface area contributed by atoms with E-state index in [0.717, 1.165) is 13.1 Å². The van der Waals surface area contributed by atoms with Gasteiger partial charge >= 0.3 is 6.03 Å². The van der Waals surface area contributed by atoms with Crippen molar-refractivity contribution in [1.29, 1.82) is 5.41 Å². The molecule has 8 heteroatoms. The number of methoxy groups -OCH3 is 1. The minimum Gasteiger partial charge on any atom is -0.493 e. The fraction of sp³-hybridized carbons (Fsp3) is 0.304. The molecule has 0 unspecified atom stereocenters. The molecule has 0 atom stereocenters. The van der Waals surface area contributed by atoms with Crippen LogP contribution in [0, 0.1) is 5.41 Å². The number of allylic oxidation sites excluding steroid dienone is 1. The minimum atomic E-state index is -2.97. The summed E-state index contributed by atoms with van der Waals surface area (Å²) in [5, 5.41) is 10.2. The highest BCUT2D eigenvalue weighted by Crippen LogP contribution is 2.33. The number of halogens is 2. The highest BCUT2D eigenvalue weighted by molar-refractivity contribution is 5.90. The second-order valence-corrected chi connectivity index (χ2v) is 6.93. The highest BCUT2D eigenvalue weighted by Gasteiger charge is 2.27. The number of alkyl halides is 2. The summed E-state index contributed by atoms with van der Waals surface area (Å²) < 4.78 is 38.8. The van der Waals surface area contributed by atoms with Crippen LogP contribution < -0.4 is 14.8 Å². The van der Waals surface area contributed by atoms with Gasteiger partial charge in [-0.05, 0) is 36.3 Å². The van der Waals surface area contributed by atoms with E-state index < -0.39 is 5.92 Å². The molecule has 166 valence electrons. The van der Waals surface area contributed by atoms with Crippen molar-refractivity contribution < 1.29 is 23.0 Å². The van der Waals surface area contributed by atoms with Gasteiger partial charge < -0.3 is 25.1 Å². The summed E-state index contributed by atoms with van der Waals surface area (Å²) in [4.78, 5) is 13.5. The molecule has 31 heavy (non-hydrogen) atoms. The molecular formula is C23H27F2N3O3. The third-order valence-electron chi connectivity index (χ3n) is 4.61. The van der Waals surface area contributed by atoms with Crippen LogP contribution in [0.3, 0.4) is 0 Å². The number of hydrogen-bond donors (Lipinski definition) is 2. The van der Waals surface area contributed by atoms with Crippen LogP contribution in [-0.2, 0) is 12.5 Å². The monoisotopic (exact) mass is 431 g/mol. The molecule has 0 bridgehead atoms. The molecular weight excluding hydrogens is 404 g/mol. The number of ether oxygens (including phenoxy) is 2. The lowest BCUT2D eigenvalue weighted by Crippen LogP contribution is -2.36.